The number of nitrogens with one attached hydrogen (secondary N) is 2. The normalized spacial score (nSPS) is 23.5. The molecular weight excluding hydrogens is 281 g/mol. The molecule has 2 N–H and O–H groups in total. The molecule has 21 heavy (non-hydrogen) atoms. The molecule has 0 radical (unpaired) electrons. The molecule has 7 heteroatoms. The lowest BCUT2D eigenvalue weighted by Crippen LogP contribution is -2.27. The molecule has 1 aromatic rings. The van der Waals surface area contributed by atoms with E-state index in [-0.39, 0.29) is 17.8 Å². The van der Waals surface area contributed by atoms with E-state index in [1.807, 2.05) is 0 Å². The first-order valence-electron chi connectivity index (χ1n) is 7.30. The van der Waals surface area contributed by atoms with E-state index in [1.54, 1.807) is 0 Å². The maximum absolute atomic E-state index is 12.9. The van der Waals surface area contributed by atoms with Crippen LogP contribution in [0, 0.1) is 5.92 Å². The van der Waals surface area contributed by atoms with Crippen LogP contribution >= 0.6 is 0 Å². The molecule has 1 aromatic heterocycles. The van der Waals surface area contributed by atoms with Gasteiger partial charge in [-0.05, 0) is 18.8 Å². The Hall–Kier alpha value is -1.53. The molecule has 1 aliphatic rings. The largest absolute Gasteiger partial charge is 0.433 e. The van der Waals surface area contributed by atoms with Crippen LogP contribution < -0.4 is 10.6 Å². The molecule has 2 rings (SSSR count). The Balaban J connectivity index is 2.22. The van der Waals surface area contributed by atoms with Crippen LogP contribution in [0.2, 0.25) is 0 Å². The first kappa shape index (κ1) is 15.9. The minimum atomic E-state index is -4.47. The number of rotatable bonds is 3. The Morgan fingerprint density at radius 2 is 1.86 bits per heavy atom. The van der Waals surface area contributed by atoms with Gasteiger partial charge in [0.15, 0.2) is 5.69 Å². The highest BCUT2D eigenvalue weighted by atomic mass is 19.4. The van der Waals surface area contributed by atoms with E-state index in [9.17, 15) is 13.2 Å². The number of aromatic nitrogens is 2. The third-order valence-electron chi connectivity index (χ3n) is 3.93. The molecule has 0 amide bonds. The maximum atomic E-state index is 12.9. The molecule has 1 aliphatic carbocycles. The number of halogens is 3. The highest BCUT2D eigenvalue weighted by Crippen LogP contribution is 2.31. The van der Waals surface area contributed by atoms with Crippen molar-refractivity contribution in [2.45, 2.75) is 51.2 Å². The van der Waals surface area contributed by atoms with Gasteiger partial charge in [-0.15, -0.1) is 0 Å². The molecule has 0 aromatic carbocycles. The zero-order chi connectivity index (χ0) is 15.5. The van der Waals surface area contributed by atoms with Gasteiger partial charge >= 0.3 is 6.18 Å². The summed E-state index contributed by atoms with van der Waals surface area (Å²) in [5.41, 5.74) is -0.925. The van der Waals surface area contributed by atoms with Crippen molar-refractivity contribution in [3.05, 3.63) is 11.8 Å². The van der Waals surface area contributed by atoms with E-state index in [4.69, 9.17) is 0 Å². The van der Waals surface area contributed by atoms with Crippen LogP contribution in [0.4, 0.5) is 24.9 Å². The average molecular weight is 302 g/mol. The summed E-state index contributed by atoms with van der Waals surface area (Å²) in [6.45, 7) is 2.13. The van der Waals surface area contributed by atoms with Crippen molar-refractivity contribution in [2.24, 2.45) is 5.92 Å². The number of hydrogen-bond donors (Lipinski definition) is 2. The predicted octanol–water partition coefficient (Wildman–Crippen LogP) is 3.92. The first-order valence-corrected chi connectivity index (χ1v) is 7.30. The second-order valence-corrected chi connectivity index (χ2v) is 5.58. The summed E-state index contributed by atoms with van der Waals surface area (Å²) < 4.78 is 38.6. The molecular formula is C14H21F3N4. The van der Waals surface area contributed by atoms with Crippen LogP contribution in [-0.4, -0.2) is 23.1 Å². The van der Waals surface area contributed by atoms with Gasteiger partial charge in [-0.25, -0.2) is 4.98 Å². The van der Waals surface area contributed by atoms with Gasteiger partial charge in [0.05, 0.1) is 0 Å². The Morgan fingerprint density at radius 3 is 2.52 bits per heavy atom. The van der Waals surface area contributed by atoms with E-state index in [2.05, 4.69) is 27.5 Å². The summed E-state index contributed by atoms with van der Waals surface area (Å²) in [7, 11) is 1.51. The fraction of sp³-hybridized carbons (Fsp3) is 0.714. The van der Waals surface area contributed by atoms with E-state index in [0.717, 1.165) is 25.3 Å². The van der Waals surface area contributed by atoms with Crippen LogP contribution in [0.1, 0.15) is 44.7 Å². The minimum absolute atomic E-state index is 0.0198. The van der Waals surface area contributed by atoms with Crippen LogP contribution in [-0.2, 0) is 6.18 Å². The first-order chi connectivity index (χ1) is 9.90. The zero-order valence-electron chi connectivity index (χ0n) is 12.3. The van der Waals surface area contributed by atoms with Crippen molar-refractivity contribution >= 4 is 11.8 Å². The van der Waals surface area contributed by atoms with Crippen LogP contribution in [0.15, 0.2) is 6.07 Å². The third-order valence-corrected chi connectivity index (χ3v) is 3.93. The molecule has 0 spiro atoms. The van der Waals surface area contributed by atoms with E-state index in [1.165, 1.54) is 19.9 Å². The number of nitrogens with zero attached hydrogens (tertiary/aromatic N) is 2. The number of alkyl halides is 3. The summed E-state index contributed by atoms with van der Waals surface area (Å²) in [4.78, 5) is 7.56. The van der Waals surface area contributed by atoms with Crippen LogP contribution in [0.25, 0.3) is 0 Å². The lowest BCUT2D eigenvalue weighted by atomic mass is 9.97. The van der Waals surface area contributed by atoms with Gasteiger partial charge in [0, 0.05) is 19.2 Å². The molecule has 0 aliphatic heterocycles. The minimum Gasteiger partial charge on any atom is -0.367 e. The van der Waals surface area contributed by atoms with Crippen LogP contribution in [0.3, 0.4) is 0 Å². The second-order valence-electron chi connectivity index (χ2n) is 5.58. The fourth-order valence-corrected chi connectivity index (χ4v) is 2.68. The van der Waals surface area contributed by atoms with Crippen molar-refractivity contribution in [1.29, 1.82) is 0 Å². The second kappa shape index (κ2) is 6.49. The van der Waals surface area contributed by atoms with E-state index >= 15 is 0 Å². The molecule has 4 nitrogen and oxygen atoms in total. The lowest BCUT2D eigenvalue weighted by Gasteiger charge is -2.24. The smallest absolute Gasteiger partial charge is 0.367 e. The molecule has 118 valence electrons. The predicted molar refractivity (Wildman–Crippen MR) is 76.2 cm³/mol. The molecule has 0 bridgehead atoms. The SMILES string of the molecule is CNc1nc(NC2CCCCCC2C)cc(C(F)(F)F)n1. The quantitative estimate of drug-likeness (QED) is 0.831. The van der Waals surface area contributed by atoms with Gasteiger partial charge < -0.3 is 10.6 Å². The molecule has 2 unspecified atom stereocenters. The Morgan fingerprint density at radius 1 is 1.14 bits per heavy atom. The van der Waals surface area contributed by atoms with Gasteiger partial charge in [-0.3, -0.25) is 0 Å². The maximum Gasteiger partial charge on any atom is 0.433 e. The van der Waals surface area contributed by atoms with Crippen molar-refractivity contribution in [1.82, 2.24) is 9.97 Å². The summed E-state index contributed by atoms with van der Waals surface area (Å²) >= 11 is 0. The molecule has 1 fully saturated rings. The lowest BCUT2D eigenvalue weighted by molar-refractivity contribution is -0.141. The molecule has 0 saturated heterocycles. The molecule has 1 heterocycles. The topological polar surface area (TPSA) is 49.8 Å². The summed E-state index contributed by atoms with van der Waals surface area (Å²) in [5.74, 6) is 0.642. The van der Waals surface area contributed by atoms with Crippen molar-refractivity contribution in [3.8, 4) is 0 Å². The Kier molecular flexibility index (Phi) is 4.90. The summed E-state index contributed by atoms with van der Waals surface area (Å²) in [6, 6.07) is 1.14. The van der Waals surface area contributed by atoms with Crippen molar-refractivity contribution in [3.63, 3.8) is 0 Å². The van der Waals surface area contributed by atoms with Crippen molar-refractivity contribution in [2.75, 3.05) is 17.7 Å². The van der Waals surface area contributed by atoms with Gasteiger partial charge in [0.25, 0.3) is 0 Å². The molecule has 1 saturated carbocycles. The van der Waals surface area contributed by atoms with Crippen molar-refractivity contribution < 1.29 is 13.2 Å². The average Bonchev–Trinajstić information content (AvgIpc) is 2.63. The highest BCUT2D eigenvalue weighted by molar-refractivity contribution is 5.43. The third kappa shape index (κ3) is 4.22. The number of anilines is 2. The standard InChI is InChI=1S/C14H21F3N4/c1-9-6-4-3-5-7-10(9)19-12-8-11(14(15,16)17)20-13(18-2)21-12/h8-10H,3-7H2,1-2H3,(H2,18,19,20,21). The Bertz CT molecular complexity index is 476. The van der Waals surface area contributed by atoms with Gasteiger partial charge in [0.1, 0.15) is 5.82 Å². The molecule has 2 atom stereocenters. The zero-order valence-corrected chi connectivity index (χ0v) is 12.3. The number of hydrogen-bond acceptors (Lipinski definition) is 4. The summed E-state index contributed by atoms with van der Waals surface area (Å²) in [6.07, 6.45) is 1.04. The monoisotopic (exact) mass is 302 g/mol. The van der Waals surface area contributed by atoms with Gasteiger partial charge in [0.2, 0.25) is 5.95 Å². The van der Waals surface area contributed by atoms with Gasteiger partial charge in [-0.2, -0.15) is 18.2 Å². The fourth-order valence-electron chi connectivity index (χ4n) is 2.68. The van der Waals surface area contributed by atoms with Crippen LogP contribution in [0.5, 0.6) is 0 Å². The van der Waals surface area contributed by atoms with Gasteiger partial charge in [-0.1, -0.05) is 26.2 Å². The summed E-state index contributed by atoms with van der Waals surface area (Å²) in [5, 5.41) is 5.75. The van der Waals surface area contributed by atoms with E-state index in [0.29, 0.717) is 5.92 Å². The van der Waals surface area contributed by atoms with E-state index < -0.39 is 11.9 Å². The highest BCUT2D eigenvalue weighted by Gasteiger charge is 2.34. The Labute approximate surface area is 122 Å².